The first kappa shape index (κ1) is 12.3. The highest BCUT2D eigenvalue weighted by atomic mass is 79.9. The van der Waals surface area contributed by atoms with Crippen molar-refractivity contribution >= 4 is 21.7 Å². The van der Waals surface area contributed by atoms with Crippen LogP contribution >= 0.6 is 15.9 Å². The molecule has 0 saturated heterocycles. The number of hydrogen-bond acceptors (Lipinski definition) is 3. The van der Waals surface area contributed by atoms with Crippen LogP contribution in [0.15, 0.2) is 39.6 Å². The van der Waals surface area contributed by atoms with E-state index in [2.05, 4.69) is 21.0 Å². The fraction of sp³-hybridized carbons (Fsp3) is 0.214. The Bertz CT molecular complexity index is 704. The molecule has 0 fully saturated rings. The molecule has 2 aromatic rings. The molecule has 4 nitrogen and oxygen atoms in total. The second-order valence-corrected chi connectivity index (χ2v) is 5.44. The van der Waals surface area contributed by atoms with Gasteiger partial charge >= 0.3 is 0 Å². The molecule has 0 aliphatic heterocycles. The molecule has 1 aliphatic carbocycles. The Labute approximate surface area is 118 Å². The monoisotopic (exact) mass is 318 g/mol. The Kier molecular flexibility index (Phi) is 3.06. The lowest BCUT2D eigenvalue weighted by Gasteiger charge is -2.14. The molecule has 0 amide bonds. The lowest BCUT2D eigenvalue weighted by atomic mass is 9.96. The zero-order valence-corrected chi connectivity index (χ0v) is 11.7. The van der Waals surface area contributed by atoms with Crippen molar-refractivity contribution in [2.45, 2.75) is 19.3 Å². The van der Waals surface area contributed by atoms with E-state index in [4.69, 9.17) is 0 Å². The molecule has 1 aromatic heterocycles. The van der Waals surface area contributed by atoms with Crippen molar-refractivity contribution < 1.29 is 4.79 Å². The molecule has 0 unspecified atom stereocenters. The van der Waals surface area contributed by atoms with E-state index in [-0.39, 0.29) is 11.3 Å². The highest BCUT2D eigenvalue weighted by Gasteiger charge is 2.20. The molecule has 0 spiro atoms. The van der Waals surface area contributed by atoms with Gasteiger partial charge in [0.25, 0.3) is 5.56 Å². The maximum Gasteiger partial charge on any atom is 0.271 e. The van der Waals surface area contributed by atoms with Crippen LogP contribution in [0.1, 0.15) is 28.9 Å². The molecule has 5 heteroatoms. The summed E-state index contributed by atoms with van der Waals surface area (Å²) in [5, 5.41) is 4.23. The fourth-order valence-electron chi connectivity index (χ4n) is 2.24. The van der Waals surface area contributed by atoms with Gasteiger partial charge in [-0.15, -0.1) is 0 Å². The predicted octanol–water partition coefficient (Wildman–Crippen LogP) is 2.51. The summed E-state index contributed by atoms with van der Waals surface area (Å²) in [7, 11) is 0. The average Bonchev–Trinajstić information content (AvgIpc) is 2.40. The fourth-order valence-corrected chi connectivity index (χ4v) is 2.51. The first-order valence-electron chi connectivity index (χ1n) is 6.07. The summed E-state index contributed by atoms with van der Waals surface area (Å²) in [5.74, 6) is 0.0205. The van der Waals surface area contributed by atoms with Crippen LogP contribution in [0, 0.1) is 0 Å². The number of hydrogen-bond donors (Lipinski definition) is 0. The molecule has 0 saturated carbocycles. The summed E-state index contributed by atoms with van der Waals surface area (Å²) in [6, 6.07) is 8.78. The van der Waals surface area contributed by atoms with Crippen LogP contribution in [0.5, 0.6) is 0 Å². The molecule has 19 heavy (non-hydrogen) atoms. The van der Waals surface area contributed by atoms with Crippen LogP contribution in [0.3, 0.4) is 0 Å². The molecule has 96 valence electrons. The minimum atomic E-state index is -0.198. The third kappa shape index (κ3) is 2.26. The second kappa shape index (κ2) is 4.74. The second-order valence-electron chi connectivity index (χ2n) is 4.52. The van der Waals surface area contributed by atoms with Gasteiger partial charge in [0.2, 0.25) is 0 Å². The van der Waals surface area contributed by atoms with E-state index in [0.29, 0.717) is 17.8 Å². The van der Waals surface area contributed by atoms with Gasteiger partial charge in [-0.1, -0.05) is 15.9 Å². The van der Waals surface area contributed by atoms with Crippen LogP contribution in [0.2, 0.25) is 0 Å². The maximum atomic E-state index is 12.1. The van der Waals surface area contributed by atoms with E-state index < -0.39 is 0 Å². The van der Waals surface area contributed by atoms with Crippen LogP contribution in [0.4, 0.5) is 0 Å². The molecule has 0 radical (unpaired) electrons. The van der Waals surface area contributed by atoms with Gasteiger partial charge in [0, 0.05) is 17.0 Å². The molecule has 0 atom stereocenters. The molecule has 0 N–H and O–H groups in total. The van der Waals surface area contributed by atoms with Crippen molar-refractivity contribution in [3.63, 3.8) is 0 Å². The number of carbonyl (C=O) groups excluding carboxylic acids is 1. The number of aromatic nitrogens is 2. The lowest BCUT2D eigenvalue weighted by molar-refractivity contribution is 0.0965. The van der Waals surface area contributed by atoms with Gasteiger partial charge in [-0.2, -0.15) is 9.78 Å². The van der Waals surface area contributed by atoms with E-state index in [1.165, 1.54) is 10.7 Å². The molecule has 1 aromatic carbocycles. The number of rotatable bonds is 1. The largest absolute Gasteiger partial charge is 0.292 e. The summed E-state index contributed by atoms with van der Waals surface area (Å²) in [4.78, 5) is 23.9. The SMILES string of the molecule is O=C1CCCc2cc(=O)n(-c3ccc(Br)cc3)nc21. The summed E-state index contributed by atoms with van der Waals surface area (Å²) in [6.45, 7) is 0. The van der Waals surface area contributed by atoms with Gasteiger partial charge in [0.05, 0.1) is 5.69 Å². The Morgan fingerprint density at radius 2 is 1.84 bits per heavy atom. The van der Waals surface area contributed by atoms with Crippen molar-refractivity contribution in [3.05, 3.63) is 56.4 Å². The van der Waals surface area contributed by atoms with Gasteiger partial charge in [0.15, 0.2) is 5.78 Å². The zero-order chi connectivity index (χ0) is 13.4. The number of carbonyl (C=O) groups is 1. The number of benzene rings is 1. The van der Waals surface area contributed by atoms with E-state index in [9.17, 15) is 9.59 Å². The summed E-state index contributed by atoms with van der Waals surface area (Å²) < 4.78 is 2.22. The van der Waals surface area contributed by atoms with E-state index in [0.717, 1.165) is 22.9 Å². The Hall–Kier alpha value is -1.75. The third-order valence-electron chi connectivity index (χ3n) is 3.20. The number of aryl methyl sites for hydroxylation is 1. The van der Waals surface area contributed by atoms with Gasteiger partial charge in [-0.05, 0) is 42.7 Å². The van der Waals surface area contributed by atoms with Crippen LogP contribution in [-0.4, -0.2) is 15.6 Å². The number of nitrogens with zero attached hydrogens (tertiary/aromatic N) is 2. The van der Waals surface area contributed by atoms with E-state index >= 15 is 0 Å². The minimum Gasteiger partial charge on any atom is -0.292 e. The number of halogens is 1. The molecule has 1 aliphatic rings. The number of fused-ring (bicyclic) bond motifs is 1. The molecular formula is C14H11BrN2O2. The molecule has 3 rings (SSSR count). The smallest absolute Gasteiger partial charge is 0.271 e. The van der Waals surface area contributed by atoms with Crippen molar-refractivity contribution in [2.75, 3.05) is 0 Å². The van der Waals surface area contributed by atoms with Crippen LogP contribution < -0.4 is 5.56 Å². The first-order chi connectivity index (χ1) is 9.15. The van der Waals surface area contributed by atoms with Crippen molar-refractivity contribution in [2.24, 2.45) is 0 Å². The Morgan fingerprint density at radius 1 is 1.11 bits per heavy atom. The van der Waals surface area contributed by atoms with Crippen molar-refractivity contribution in [1.29, 1.82) is 0 Å². The Morgan fingerprint density at radius 3 is 2.58 bits per heavy atom. The van der Waals surface area contributed by atoms with Crippen molar-refractivity contribution in [1.82, 2.24) is 9.78 Å². The topological polar surface area (TPSA) is 52.0 Å². The summed E-state index contributed by atoms with van der Waals surface area (Å²) in [5.41, 5.74) is 1.67. The average molecular weight is 319 g/mol. The van der Waals surface area contributed by atoms with Gasteiger partial charge in [-0.3, -0.25) is 9.59 Å². The van der Waals surface area contributed by atoms with E-state index in [1.807, 2.05) is 12.1 Å². The third-order valence-corrected chi connectivity index (χ3v) is 3.72. The summed E-state index contributed by atoms with van der Waals surface area (Å²) >= 11 is 3.34. The number of ketones is 1. The Balaban J connectivity index is 2.17. The molecule has 0 bridgehead atoms. The van der Waals surface area contributed by atoms with Crippen LogP contribution in [0.25, 0.3) is 5.69 Å². The van der Waals surface area contributed by atoms with Gasteiger partial charge in [0.1, 0.15) is 5.69 Å². The predicted molar refractivity (Wildman–Crippen MR) is 74.8 cm³/mol. The lowest BCUT2D eigenvalue weighted by Crippen LogP contribution is -2.27. The van der Waals surface area contributed by atoms with E-state index in [1.54, 1.807) is 12.1 Å². The molecule has 1 heterocycles. The standard InChI is InChI=1S/C14H11BrN2O2/c15-10-4-6-11(7-5-10)17-13(19)8-9-2-1-3-12(18)14(9)16-17/h4-8H,1-3H2. The van der Waals surface area contributed by atoms with Crippen molar-refractivity contribution in [3.8, 4) is 5.69 Å². The highest BCUT2D eigenvalue weighted by Crippen LogP contribution is 2.18. The maximum absolute atomic E-state index is 12.1. The summed E-state index contributed by atoms with van der Waals surface area (Å²) in [6.07, 6.45) is 2.07. The number of Topliss-reactive ketones (excluding diaryl/α,β-unsaturated/α-hetero) is 1. The highest BCUT2D eigenvalue weighted by molar-refractivity contribution is 9.10. The van der Waals surface area contributed by atoms with Gasteiger partial charge < -0.3 is 0 Å². The van der Waals surface area contributed by atoms with Gasteiger partial charge in [-0.25, -0.2) is 0 Å². The quantitative estimate of drug-likeness (QED) is 0.811. The normalized spacial score (nSPS) is 14.3. The minimum absolute atomic E-state index is 0.0205. The zero-order valence-electron chi connectivity index (χ0n) is 10.1. The molecular weight excluding hydrogens is 308 g/mol. The van der Waals surface area contributed by atoms with Crippen LogP contribution in [-0.2, 0) is 6.42 Å². The first-order valence-corrected chi connectivity index (χ1v) is 6.87.